The number of halogens is 1. The number of benzene rings is 2. The van der Waals surface area contributed by atoms with Crippen LogP contribution in [-0.2, 0) is 4.79 Å². The van der Waals surface area contributed by atoms with Crippen LogP contribution >= 0.6 is 15.9 Å². The topological polar surface area (TPSA) is 29.1 Å². The summed E-state index contributed by atoms with van der Waals surface area (Å²) in [5.41, 5.74) is 2.03. The second kappa shape index (κ2) is 6.81. The van der Waals surface area contributed by atoms with Crippen molar-refractivity contribution in [2.24, 2.45) is 5.41 Å². The Morgan fingerprint density at radius 1 is 1.05 bits per heavy atom. The molecule has 0 aliphatic rings. The molecule has 22 heavy (non-hydrogen) atoms. The number of anilines is 1. The summed E-state index contributed by atoms with van der Waals surface area (Å²) in [5.74, 6) is 6.23. The number of carbonyl (C=O) groups is 1. The van der Waals surface area contributed by atoms with Gasteiger partial charge in [0.15, 0.2) is 0 Å². The third-order valence-corrected chi connectivity index (χ3v) is 3.52. The Balaban J connectivity index is 2.28. The smallest absolute Gasteiger partial charge is 0.229 e. The average molecular weight is 356 g/mol. The Labute approximate surface area is 140 Å². The molecular weight excluding hydrogens is 338 g/mol. The van der Waals surface area contributed by atoms with E-state index >= 15 is 0 Å². The van der Waals surface area contributed by atoms with E-state index in [1.165, 1.54) is 0 Å². The van der Waals surface area contributed by atoms with Gasteiger partial charge in [0.1, 0.15) is 0 Å². The van der Waals surface area contributed by atoms with Crippen LogP contribution in [-0.4, -0.2) is 5.91 Å². The molecule has 0 aliphatic carbocycles. The van der Waals surface area contributed by atoms with Gasteiger partial charge in [-0.15, -0.1) is 0 Å². The molecule has 0 fully saturated rings. The largest absolute Gasteiger partial charge is 0.325 e. The van der Waals surface area contributed by atoms with Crippen molar-refractivity contribution in [3.05, 3.63) is 64.1 Å². The fourth-order valence-electron chi connectivity index (χ4n) is 1.72. The van der Waals surface area contributed by atoms with Crippen LogP contribution in [0.25, 0.3) is 0 Å². The normalized spacial score (nSPS) is 10.5. The Morgan fingerprint density at radius 2 is 1.77 bits per heavy atom. The second-order valence-corrected chi connectivity index (χ2v) is 6.93. The van der Waals surface area contributed by atoms with Crippen LogP contribution < -0.4 is 5.32 Å². The minimum Gasteiger partial charge on any atom is -0.325 e. The van der Waals surface area contributed by atoms with Gasteiger partial charge in [-0.3, -0.25) is 4.79 Å². The highest BCUT2D eigenvalue weighted by Crippen LogP contribution is 2.20. The van der Waals surface area contributed by atoms with Crippen LogP contribution in [0.2, 0.25) is 0 Å². The van der Waals surface area contributed by atoms with E-state index in [9.17, 15) is 4.79 Å². The number of nitrogens with one attached hydrogen (secondary N) is 1. The van der Waals surface area contributed by atoms with Crippen molar-refractivity contribution in [3.63, 3.8) is 0 Å². The molecule has 0 saturated heterocycles. The van der Waals surface area contributed by atoms with Gasteiger partial charge in [0.05, 0.1) is 5.69 Å². The SMILES string of the molecule is CC(C)(C)C(=O)Nc1ccccc1C#Cc1cccc(Br)c1. The maximum absolute atomic E-state index is 12.1. The van der Waals surface area contributed by atoms with Crippen molar-refractivity contribution < 1.29 is 4.79 Å². The van der Waals surface area contributed by atoms with Gasteiger partial charge in [-0.05, 0) is 30.3 Å². The summed E-state index contributed by atoms with van der Waals surface area (Å²) >= 11 is 3.43. The quantitative estimate of drug-likeness (QED) is 0.729. The summed E-state index contributed by atoms with van der Waals surface area (Å²) < 4.78 is 0.994. The first-order chi connectivity index (χ1) is 10.4. The number of hydrogen-bond donors (Lipinski definition) is 1. The molecule has 0 bridgehead atoms. The number of hydrogen-bond acceptors (Lipinski definition) is 1. The fraction of sp³-hybridized carbons (Fsp3) is 0.211. The van der Waals surface area contributed by atoms with Crippen LogP contribution in [0.5, 0.6) is 0 Å². The standard InChI is InChI=1S/C19H18BrNO/c1-19(2,3)18(22)21-17-10-5-4-8-15(17)12-11-14-7-6-9-16(20)13-14/h4-10,13H,1-3H3,(H,21,22). The molecule has 2 nitrogen and oxygen atoms in total. The average Bonchev–Trinajstić information content (AvgIpc) is 2.45. The predicted octanol–water partition coefficient (Wildman–Crippen LogP) is 4.83. The highest BCUT2D eigenvalue weighted by atomic mass is 79.9. The van der Waals surface area contributed by atoms with E-state index < -0.39 is 5.41 Å². The molecule has 1 amide bonds. The summed E-state index contributed by atoms with van der Waals surface area (Å²) in [6.45, 7) is 5.66. The lowest BCUT2D eigenvalue weighted by Crippen LogP contribution is -2.27. The number of para-hydroxylation sites is 1. The zero-order valence-electron chi connectivity index (χ0n) is 12.9. The monoisotopic (exact) mass is 355 g/mol. The number of rotatable bonds is 1. The van der Waals surface area contributed by atoms with Crippen LogP contribution in [0, 0.1) is 17.3 Å². The summed E-state index contributed by atoms with van der Waals surface area (Å²) in [6, 6.07) is 15.4. The Kier molecular flexibility index (Phi) is 5.05. The molecular formula is C19H18BrNO. The predicted molar refractivity (Wildman–Crippen MR) is 94.6 cm³/mol. The first kappa shape index (κ1) is 16.3. The Hall–Kier alpha value is -2.05. The minimum atomic E-state index is -0.440. The summed E-state index contributed by atoms with van der Waals surface area (Å²) in [5, 5.41) is 2.95. The molecule has 0 saturated carbocycles. The first-order valence-corrected chi connectivity index (χ1v) is 7.83. The van der Waals surface area contributed by atoms with Crippen molar-refractivity contribution in [3.8, 4) is 11.8 Å². The van der Waals surface area contributed by atoms with Crippen LogP contribution in [0.3, 0.4) is 0 Å². The van der Waals surface area contributed by atoms with E-state index in [4.69, 9.17) is 0 Å². The van der Waals surface area contributed by atoms with Crippen LogP contribution in [0.15, 0.2) is 53.0 Å². The van der Waals surface area contributed by atoms with Gasteiger partial charge < -0.3 is 5.32 Å². The maximum atomic E-state index is 12.1. The van der Waals surface area contributed by atoms with Crippen molar-refractivity contribution in [1.82, 2.24) is 0 Å². The molecule has 0 unspecified atom stereocenters. The lowest BCUT2D eigenvalue weighted by Gasteiger charge is -2.18. The second-order valence-electron chi connectivity index (χ2n) is 6.01. The van der Waals surface area contributed by atoms with E-state index in [-0.39, 0.29) is 5.91 Å². The van der Waals surface area contributed by atoms with Crippen molar-refractivity contribution in [2.75, 3.05) is 5.32 Å². The molecule has 2 rings (SSSR count). The molecule has 0 aromatic heterocycles. The highest BCUT2D eigenvalue weighted by molar-refractivity contribution is 9.10. The maximum Gasteiger partial charge on any atom is 0.229 e. The molecule has 112 valence electrons. The molecule has 1 N–H and O–H groups in total. The van der Waals surface area contributed by atoms with Gasteiger partial charge in [-0.25, -0.2) is 0 Å². The molecule has 0 aliphatic heterocycles. The zero-order chi connectivity index (χ0) is 16.2. The Morgan fingerprint density at radius 3 is 2.45 bits per heavy atom. The van der Waals surface area contributed by atoms with Gasteiger partial charge in [0.2, 0.25) is 5.91 Å². The molecule has 2 aromatic carbocycles. The van der Waals surface area contributed by atoms with Gasteiger partial charge in [-0.2, -0.15) is 0 Å². The molecule has 0 spiro atoms. The molecule has 2 aromatic rings. The molecule has 0 radical (unpaired) electrons. The van der Waals surface area contributed by atoms with Gasteiger partial charge >= 0.3 is 0 Å². The summed E-state index contributed by atoms with van der Waals surface area (Å²) in [7, 11) is 0. The van der Waals surface area contributed by atoms with E-state index in [0.29, 0.717) is 0 Å². The van der Waals surface area contributed by atoms with Crippen molar-refractivity contribution >= 4 is 27.5 Å². The van der Waals surface area contributed by atoms with Crippen LogP contribution in [0.4, 0.5) is 5.69 Å². The fourth-order valence-corrected chi connectivity index (χ4v) is 2.12. The third kappa shape index (κ3) is 4.47. The van der Waals surface area contributed by atoms with E-state index in [0.717, 1.165) is 21.3 Å². The molecule has 0 heterocycles. The summed E-state index contributed by atoms with van der Waals surface area (Å²) in [6.07, 6.45) is 0. The van der Waals surface area contributed by atoms with Gasteiger partial charge in [-0.1, -0.05) is 66.7 Å². The summed E-state index contributed by atoms with van der Waals surface area (Å²) in [4.78, 5) is 12.1. The van der Waals surface area contributed by atoms with Gasteiger partial charge in [0, 0.05) is 21.0 Å². The highest BCUT2D eigenvalue weighted by Gasteiger charge is 2.21. The third-order valence-electron chi connectivity index (χ3n) is 3.02. The lowest BCUT2D eigenvalue weighted by atomic mass is 9.95. The van der Waals surface area contributed by atoms with E-state index in [1.807, 2.05) is 69.3 Å². The molecule has 0 atom stereocenters. The molecule has 3 heteroatoms. The Bertz CT molecular complexity index is 748. The minimum absolute atomic E-state index is 0.0239. The zero-order valence-corrected chi connectivity index (χ0v) is 14.5. The number of carbonyl (C=O) groups excluding carboxylic acids is 1. The van der Waals surface area contributed by atoms with Crippen LogP contribution in [0.1, 0.15) is 31.9 Å². The first-order valence-electron chi connectivity index (χ1n) is 7.04. The number of amides is 1. The van der Waals surface area contributed by atoms with Gasteiger partial charge in [0.25, 0.3) is 0 Å². The van der Waals surface area contributed by atoms with Crippen molar-refractivity contribution in [1.29, 1.82) is 0 Å². The van der Waals surface area contributed by atoms with Crippen molar-refractivity contribution in [2.45, 2.75) is 20.8 Å². The van der Waals surface area contributed by atoms with E-state index in [1.54, 1.807) is 0 Å². The van der Waals surface area contributed by atoms with E-state index in [2.05, 4.69) is 33.1 Å². The lowest BCUT2D eigenvalue weighted by molar-refractivity contribution is -0.123.